The molecular formula is C15H17FN2O7S. The highest BCUT2D eigenvalue weighted by Crippen LogP contribution is 2.30. The molecule has 2 rings (SSSR count). The molecule has 1 saturated heterocycles. The van der Waals surface area contributed by atoms with E-state index < -0.39 is 52.1 Å². The lowest BCUT2D eigenvalue weighted by Crippen LogP contribution is -2.48. The van der Waals surface area contributed by atoms with Crippen LogP contribution in [0, 0.1) is 17.7 Å². The average Bonchev–Trinajstić information content (AvgIpc) is 2.55. The molecule has 26 heavy (non-hydrogen) atoms. The Kier molecular flexibility index (Phi) is 5.62. The van der Waals surface area contributed by atoms with Gasteiger partial charge >= 0.3 is 11.9 Å². The normalized spacial score (nSPS) is 21.2. The number of carbonyl (C=O) groups excluding carboxylic acids is 1. The maximum Gasteiger partial charge on any atom is 0.308 e. The van der Waals surface area contributed by atoms with Gasteiger partial charge in [0, 0.05) is 20.0 Å². The number of amides is 1. The van der Waals surface area contributed by atoms with Gasteiger partial charge in [-0.25, -0.2) is 12.8 Å². The highest BCUT2D eigenvalue weighted by molar-refractivity contribution is 7.89. The molecule has 0 aromatic heterocycles. The molecule has 0 radical (unpaired) electrons. The summed E-state index contributed by atoms with van der Waals surface area (Å²) in [7, 11) is -4.19. The summed E-state index contributed by atoms with van der Waals surface area (Å²) in [4.78, 5) is 33.2. The van der Waals surface area contributed by atoms with Crippen molar-refractivity contribution in [2.24, 2.45) is 11.8 Å². The summed E-state index contributed by atoms with van der Waals surface area (Å²) in [5.41, 5.74) is -0.325. The predicted molar refractivity (Wildman–Crippen MR) is 86.3 cm³/mol. The maximum atomic E-state index is 13.7. The highest BCUT2D eigenvalue weighted by atomic mass is 32.2. The Labute approximate surface area is 148 Å². The fourth-order valence-corrected chi connectivity index (χ4v) is 4.29. The van der Waals surface area contributed by atoms with E-state index in [1.165, 1.54) is 0 Å². The van der Waals surface area contributed by atoms with Crippen LogP contribution in [0.15, 0.2) is 23.1 Å². The van der Waals surface area contributed by atoms with Gasteiger partial charge in [0.25, 0.3) is 0 Å². The number of aliphatic carboxylic acids is 2. The first kappa shape index (κ1) is 19.8. The van der Waals surface area contributed by atoms with Crippen LogP contribution >= 0.6 is 0 Å². The Bertz CT molecular complexity index is 856. The van der Waals surface area contributed by atoms with Gasteiger partial charge in [0.2, 0.25) is 15.9 Å². The van der Waals surface area contributed by atoms with Crippen LogP contribution in [0.3, 0.4) is 0 Å². The second-order valence-corrected chi connectivity index (χ2v) is 7.80. The van der Waals surface area contributed by atoms with E-state index >= 15 is 0 Å². The molecule has 9 nitrogen and oxygen atoms in total. The number of carboxylic acids is 2. The van der Waals surface area contributed by atoms with Gasteiger partial charge in [0.05, 0.1) is 22.4 Å². The van der Waals surface area contributed by atoms with Crippen molar-refractivity contribution in [2.45, 2.75) is 18.2 Å². The van der Waals surface area contributed by atoms with E-state index in [0.717, 1.165) is 29.4 Å². The first-order chi connectivity index (χ1) is 12.0. The quantitative estimate of drug-likeness (QED) is 0.670. The van der Waals surface area contributed by atoms with Crippen LogP contribution < -0.4 is 5.32 Å². The van der Waals surface area contributed by atoms with Crippen LogP contribution in [-0.4, -0.2) is 53.9 Å². The lowest BCUT2D eigenvalue weighted by Gasteiger charge is -2.33. The summed E-state index contributed by atoms with van der Waals surface area (Å²) < 4.78 is 40.0. The summed E-state index contributed by atoms with van der Waals surface area (Å²) in [6, 6.07) is 2.80. The Morgan fingerprint density at radius 3 is 2.35 bits per heavy atom. The molecule has 0 saturated carbocycles. The number of carbonyl (C=O) groups is 3. The number of hydrogen-bond donors (Lipinski definition) is 3. The average molecular weight is 388 g/mol. The van der Waals surface area contributed by atoms with Crippen LogP contribution in [0.2, 0.25) is 0 Å². The van der Waals surface area contributed by atoms with Gasteiger partial charge in [-0.1, -0.05) is 0 Å². The smallest absolute Gasteiger partial charge is 0.308 e. The molecule has 142 valence electrons. The Hall–Kier alpha value is -2.53. The molecule has 2 unspecified atom stereocenters. The van der Waals surface area contributed by atoms with Crippen molar-refractivity contribution in [1.82, 2.24) is 4.31 Å². The molecule has 0 aliphatic carbocycles. The zero-order valence-electron chi connectivity index (χ0n) is 13.7. The SMILES string of the molecule is CC(=O)Nc1cc(S(=O)(=O)N2CCC(C(=O)O)C(C(=O)O)C2)ccc1F. The number of carboxylic acid groups (broad SMARTS) is 2. The number of nitrogens with zero attached hydrogens (tertiary/aromatic N) is 1. The van der Waals surface area contributed by atoms with Crippen molar-refractivity contribution in [2.75, 3.05) is 18.4 Å². The molecule has 1 aromatic rings. The number of nitrogens with one attached hydrogen (secondary N) is 1. The van der Waals surface area contributed by atoms with Crippen molar-refractivity contribution < 1.29 is 37.4 Å². The molecule has 0 bridgehead atoms. The van der Waals surface area contributed by atoms with Crippen LogP contribution in [0.25, 0.3) is 0 Å². The van der Waals surface area contributed by atoms with E-state index in [1.807, 2.05) is 0 Å². The van der Waals surface area contributed by atoms with Crippen LogP contribution in [0.1, 0.15) is 13.3 Å². The predicted octanol–water partition coefficient (Wildman–Crippen LogP) is 0.580. The summed E-state index contributed by atoms with van der Waals surface area (Å²) in [6.45, 7) is 0.437. The van der Waals surface area contributed by atoms with E-state index in [2.05, 4.69) is 5.32 Å². The first-order valence-electron chi connectivity index (χ1n) is 7.57. The maximum absolute atomic E-state index is 13.7. The number of piperidine rings is 1. The molecule has 3 N–H and O–H groups in total. The third-order valence-electron chi connectivity index (χ3n) is 4.10. The minimum Gasteiger partial charge on any atom is -0.481 e. The molecular weight excluding hydrogens is 371 g/mol. The minimum atomic E-state index is -4.19. The Morgan fingerprint density at radius 1 is 1.19 bits per heavy atom. The lowest BCUT2D eigenvalue weighted by molar-refractivity contribution is -0.156. The zero-order valence-corrected chi connectivity index (χ0v) is 14.5. The van der Waals surface area contributed by atoms with Crippen molar-refractivity contribution in [3.05, 3.63) is 24.0 Å². The largest absolute Gasteiger partial charge is 0.481 e. The van der Waals surface area contributed by atoms with Gasteiger partial charge in [-0.05, 0) is 24.6 Å². The van der Waals surface area contributed by atoms with E-state index in [1.54, 1.807) is 0 Å². The van der Waals surface area contributed by atoms with Gasteiger partial charge < -0.3 is 15.5 Å². The van der Waals surface area contributed by atoms with Crippen molar-refractivity contribution in [3.63, 3.8) is 0 Å². The van der Waals surface area contributed by atoms with E-state index in [4.69, 9.17) is 5.11 Å². The van der Waals surface area contributed by atoms with Crippen molar-refractivity contribution in [3.8, 4) is 0 Å². The summed E-state index contributed by atoms with van der Waals surface area (Å²) in [5, 5.41) is 20.5. The number of sulfonamides is 1. The van der Waals surface area contributed by atoms with Gasteiger partial charge in [-0.2, -0.15) is 4.31 Å². The van der Waals surface area contributed by atoms with Crippen LogP contribution in [0.5, 0.6) is 0 Å². The molecule has 1 aliphatic rings. The van der Waals surface area contributed by atoms with Gasteiger partial charge in [0.15, 0.2) is 0 Å². The molecule has 1 heterocycles. The summed E-state index contributed by atoms with van der Waals surface area (Å²) in [5.74, 6) is -6.72. The lowest BCUT2D eigenvalue weighted by atomic mass is 9.86. The summed E-state index contributed by atoms with van der Waals surface area (Å²) in [6.07, 6.45) is -0.161. The third-order valence-corrected chi connectivity index (χ3v) is 5.96. The topological polar surface area (TPSA) is 141 Å². The molecule has 11 heteroatoms. The molecule has 0 spiro atoms. The third kappa shape index (κ3) is 3.99. The molecule has 1 fully saturated rings. The highest BCUT2D eigenvalue weighted by Gasteiger charge is 2.42. The van der Waals surface area contributed by atoms with Gasteiger partial charge in [0.1, 0.15) is 5.82 Å². The Balaban J connectivity index is 2.34. The summed E-state index contributed by atoms with van der Waals surface area (Å²) >= 11 is 0. The first-order valence-corrected chi connectivity index (χ1v) is 9.01. The van der Waals surface area contributed by atoms with Crippen LogP contribution in [0.4, 0.5) is 10.1 Å². The standard InChI is InChI=1S/C15H17FN2O7S/c1-8(19)17-13-6-9(2-3-12(13)16)26(24,25)18-5-4-10(14(20)21)11(7-18)15(22)23/h2-3,6,10-11H,4-5,7H2,1H3,(H,17,19)(H,20,21)(H,22,23). The van der Waals surface area contributed by atoms with Crippen molar-refractivity contribution in [1.29, 1.82) is 0 Å². The minimum absolute atomic E-state index is 0.161. The molecule has 1 aliphatic heterocycles. The number of rotatable bonds is 5. The van der Waals surface area contributed by atoms with Gasteiger partial charge in [-0.3, -0.25) is 14.4 Å². The molecule has 1 amide bonds. The molecule has 1 aromatic carbocycles. The van der Waals surface area contributed by atoms with Gasteiger partial charge in [-0.15, -0.1) is 0 Å². The van der Waals surface area contributed by atoms with Crippen molar-refractivity contribution >= 4 is 33.6 Å². The number of hydrogen-bond acceptors (Lipinski definition) is 5. The van der Waals surface area contributed by atoms with Crippen LogP contribution in [-0.2, 0) is 24.4 Å². The van der Waals surface area contributed by atoms with E-state index in [9.17, 15) is 32.3 Å². The second kappa shape index (κ2) is 7.38. The number of benzene rings is 1. The number of halogens is 1. The Morgan fingerprint density at radius 2 is 1.81 bits per heavy atom. The fourth-order valence-electron chi connectivity index (χ4n) is 2.79. The van der Waals surface area contributed by atoms with E-state index in [-0.39, 0.29) is 23.5 Å². The van der Waals surface area contributed by atoms with E-state index in [0.29, 0.717) is 0 Å². The second-order valence-electron chi connectivity index (χ2n) is 5.86. The molecule has 2 atom stereocenters. The number of anilines is 1. The monoisotopic (exact) mass is 388 g/mol. The zero-order chi connectivity index (χ0) is 19.6. The fraction of sp³-hybridized carbons (Fsp3) is 0.400.